The summed E-state index contributed by atoms with van der Waals surface area (Å²) in [4.78, 5) is 14.2. The fourth-order valence-corrected chi connectivity index (χ4v) is 3.60. The zero-order chi connectivity index (χ0) is 20.6. The van der Waals surface area contributed by atoms with Gasteiger partial charge in [0.25, 0.3) is 0 Å². The topological polar surface area (TPSA) is 71.2 Å². The number of para-hydroxylation sites is 1. The number of nitrogens with zero attached hydrogens (tertiary/aromatic N) is 4. The van der Waals surface area contributed by atoms with Gasteiger partial charge in [-0.2, -0.15) is 13.2 Å². The van der Waals surface area contributed by atoms with Gasteiger partial charge in [-0.15, -0.1) is 15.0 Å². The van der Waals surface area contributed by atoms with Crippen molar-refractivity contribution in [3.05, 3.63) is 71.4 Å². The maximum Gasteiger partial charge on any atom is 0.418 e. The van der Waals surface area contributed by atoms with Gasteiger partial charge in [0.15, 0.2) is 5.82 Å². The van der Waals surface area contributed by atoms with Crippen molar-refractivity contribution >= 4 is 11.8 Å². The SMILES string of the molecule is O=C(O)c1nn(-c2ccccc2C(F)(F)F)nc1N1CC[C@@H](c2ccccc2)C1. The number of aromatic carboxylic acids is 1. The van der Waals surface area contributed by atoms with Gasteiger partial charge < -0.3 is 10.0 Å². The molecule has 1 aliphatic rings. The second kappa shape index (κ2) is 7.23. The van der Waals surface area contributed by atoms with Gasteiger partial charge in [-0.1, -0.05) is 42.5 Å². The number of carboxylic acid groups (broad SMARTS) is 1. The largest absolute Gasteiger partial charge is 0.476 e. The average molecular weight is 402 g/mol. The summed E-state index contributed by atoms with van der Waals surface area (Å²) < 4.78 is 40.0. The van der Waals surface area contributed by atoms with Crippen molar-refractivity contribution in [3.63, 3.8) is 0 Å². The van der Waals surface area contributed by atoms with Crippen molar-refractivity contribution in [1.29, 1.82) is 0 Å². The van der Waals surface area contributed by atoms with Gasteiger partial charge in [-0.3, -0.25) is 0 Å². The molecular formula is C20H17F3N4O2. The number of aromatic nitrogens is 3. The van der Waals surface area contributed by atoms with E-state index in [-0.39, 0.29) is 23.1 Å². The van der Waals surface area contributed by atoms with E-state index in [4.69, 9.17) is 0 Å². The Kier molecular flexibility index (Phi) is 4.73. The summed E-state index contributed by atoms with van der Waals surface area (Å²) >= 11 is 0. The number of halogens is 3. The molecule has 0 radical (unpaired) electrons. The first-order chi connectivity index (χ1) is 13.8. The molecule has 1 aromatic heterocycles. The molecule has 1 N–H and O–H groups in total. The highest BCUT2D eigenvalue weighted by atomic mass is 19.4. The van der Waals surface area contributed by atoms with Gasteiger partial charge in [0.05, 0.1) is 11.3 Å². The van der Waals surface area contributed by atoms with Gasteiger partial charge >= 0.3 is 12.1 Å². The predicted octanol–water partition coefficient (Wildman–Crippen LogP) is 3.98. The lowest BCUT2D eigenvalue weighted by molar-refractivity contribution is -0.137. The van der Waals surface area contributed by atoms with Crippen LogP contribution in [0.2, 0.25) is 0 Å². The normalized spacial score (nSPS) is 16.9. The summed E-state index contributed by atoms with van der Waals surface area (Å²) in [6.45, 7) is 1.06. The first-order valence-corrected chi connectivity index (χ1v) is 9.01. The van der Waals surface area contributed by atoms with E-state index in [9.17, 15) is 23.1 Å². The summed E-state index contributed by atoms with van der Waals surface area (Å²) in [6, 6.07) is 14.6. The average Bonchev–Trinajstić information content (AvgIpc) is 3.35. The van der Waals surface area contributed by atoms with Crippen LogP contribution in [0.1, 0.15) is 34.0 Å². The Labute approximate surface area is 164 Å². The first-order valence-electron chi connectivity index (χ1n) is 9.01. The summed E-state index contributed by atoms with van der Waals surface area (Å²) in [5.74, 6) is -1.07. The van der Waals surface area contributed by atoms with Gasteiger partial charge in [0.2, 0.25) is 5.69 Å². The van der Waals surface area contributed by atoms with E-state index in [1.807, 2.05) is 30.3 Å². The number of hydrogen-bond acceptors (Lipinski definition) is 4. The van der Waals surface area contributed by atoms with Crippen molar-refractivity contribution in [3.8, 4) is 5.69 Å². The summed E-state index contributed by atoms with van der Waals surface area (Å²) in [5, 5.41) is 17.5. The number of carboxylic acids is 1. The standard InChI is InChI=1S/C20H17F3N4O2/c21-20(22,23)15-8-4-5-9-16(15)27-24-17(19(28)29)18(25-27)26-11-10-14(12-26)13-6-2-1-3-7-13/h1-9,14H,10-12H2,(H,28,29)/t14-/m1/s1. The Balaban J connectivity index is 1.70. The van der Waals surface area contributed by atoms with Crippen molar-refractivity contribution in [1.82, 2.24) is 15.0 Å². The fraction of sp³-hybridized carbons (Fsp3) is 0.250. The predicted molar refractivity (Wildman–Crippen MR) is 99.3 cm³/mol. The van der Waals surface area contributed by atoms with E-state index in [2.05, 4.69) is 10.2 Å². The third kappa shape index (κ3) is 3.67. The molecule has 1 saturated heterocycles. The second-order valence-corrected chi connectivity index (χ2v) is 6.82. The lowest BCUT2D eigenvalue weighted by Gasteiger charge is -2.16. The van der Waals surface area contributed by atoms with Crippen LogP contribution in [0, 0.1) is 0 Å². The van der Waals surface area contributed by atoms with Crippen LogP contribution in [-0.4, -0.2) is 39.2 Å². The Morgan fingerprint density at radius 3 is 2.41 bits per heavy atom. The zero-order valence-electron chi connectivity index (χ0n) is 15.2. The summed E-state index contributed by atoms with van der Waals surface area (Å²) in [7, 11) is 0. The first kappa shape index (κ1) is 19.0. The monoisotopic (exact) mass is 402 g/mol. The number of alkyl halides is 3. The molecule has 2 heterocycles. The van der Waals surface area contributed by atoms with Crippen molar-refractivity contribution < 1.29 is 23.1 Å². The molecule has 1 atom stereocenters. The minimum absolute atomic E-state index is 0.0768. The lowest BCUT2D eigenvalue weighted by Crippen LogP contribution is -2.22. The van der Waals surface area contributed by atoms with Crippen LogP contribution in [0.5, 0.6) is 0 Å². The van der Waals surface area contributed by atoms with Crippen LogP contribution in [0.25, 0.3) is 5.69 Å². The molecule has 1 aliphatic heterocycles. The van der Waals surface area contributed by atoms with Crippen LogP contribution in [0.15, 0.2) is 54.6 Å². The van der Waals surface area contributed by atoms with Crippen molar-refractivity contribution in [2.45, 2.75) is 18.5 Å². The van der Waals surface area contributed by atoms with Gasteiger partial charge in [-0.25, -0.2) is 4.79 Å². The molecule has 0 saturated carbocycles. The minimum atomic E-state index is -4.61. The third-order valence-corrected chi connectivity index (χ3v) is 4.98. The molecule has 9 heteroatoms. The molecule has 0 amide bonds. The highest BCUT2D eigenvalue weighted by Crippen LogP contribution is 2.35. The molecule has 0 bridgehead atoms. The number of hydrogen-bond donors (Lipinski definition) is 1. The van der Waals surface area contributed by atoms with Crippen LogP contribution in [-0.2, 0) is 6.18 Å². The smallest absolute Gasteiger partial charge is 0.418 e. The van der Waals surface area contributed by atoms with Gasteiger partial charge in [-0.05, 0) is 24.1 Å². The minimum Gasteiger partial charge on any atom is -0.476 e. The summed E-state index contributed by atoms with van der Waals surface area (Å²) in [5.41, 5.74) is -0.480. The maximum absolute atomic E-state index is 13.3. The highest BCUT2D eigenvalue weighted by molar-refractivity contribution is 5.91. The molecule has 2 aromatic carbocycles. The molecule has 3 aromatic rings. The Hall–Kier alpha value is -3.36. The highest BCUT2D eigenvalue weighted by Gasteiger charge is 2.36. The van der Waals surface area contributed by atoms with Crippen LogP contribution < -0.4 is 4.90 Å². The molecule has 0 spiro atoms. The number of benzene rings is 2. The van der Waals surface area contributed by atoms with Crippen molar-refractivity contribution in [2.75, 3.05) is 18.0 Å². The molecular weight excluding hydrogens is 385 g/mol. The van der Waals surface area contributed by atoms with E-state index in [0.29, 0.717) is 13.1 Å². The Bertz CT molecular complexity index is 1030. The maximum atomic E-state index is 13.3. The van der Waals surface area contributed by atoms with E-state index in [1.165, 1.54) is 18.2 Å². The fourth-order valence-electron chi connectivity index (χ4n) is 3.60. The van der Waals surface area contributed by atoms with Crippen LogP contribution in [0.3, 0.4) is 0 Å². The van der Waals surface area contributed by atoms with E-state index >= 15 is 0 Å². The van der Waals surface area contributed by atoms with Crippen molar-refractivity contribution in [2.24, 2.45) is 0 Å². The number of anilines is 1. The Morgan fingerprint density at radius 1 is 1.03 bits per heavy atom. The zero-order valence-corrected chi connectivity index (χ0v) is 15.2. The number of carbonyl (C=O) groups is 1. The molecule has 0 unspecified atom stereocenters. The van der Waals surface area contributed by atoms with Crippen LogP contribution in [0.4, 0.5) is 19.0 Å². The van der Waals surface area contributed by atoms with E-state index < -0.39 is 17.7 Å². The Morgan fingerprint density at radius 2 is 1.72 bits per heavy atom. The molecule has 1 fully saturated rings. The van der Waals surface area contributed by atoms with Gasteiger partial charge in [0, 0.05) is 19.0 Å². The molecule has 150 valence electrons. The van der Waals surface area contributed by atoms with Gasteiger partial charge in [0.1, 0.15) is 0 Å². The number of rotatable bonds is 4. The lowest BCUT2D eigenvalue weighted by atomic mass is 9.99. The van der Waals surface area contributed by atoms with E-state index in [1.54, 1.807) is 4.90 Å². The molecule has 4 rings (SSSR count). The van der Waals surface area contributed by atoms with E-state index in [0.717, 1.165) is 22.8 Å². The molecule has 6 nitrogen and oxygen atoms in total. The second-order valence-electron chi connectivity index (χ2n) is 6.82. The quantitative estimate of drug-likeness (QED) is 0.715. The third-order valence-electron chi connectivity index (χ3n) is 4.98. The molecule has 29 heavy (non-hydrogen) atoms. The summed E-state index contributed by atoms with van der Waals surface area (Å²) in [6.07, 6.45) is -3.82. The van der Waals surface area contributed by atoms with Crippen LogP contribution >= 0.6 is 0 Å². The molecule has 0 aliphatic carbocycles.